The largest absolute Gasteiger partial charge is 0.455 e. The normalized spacial score (nSPS) is 11.7. The standard InChI is InChI=1S/C27H16ClF4N5O3S/c28-21-13-25(41(38,39)37-26-33-9-1-10-34-26)22(29)14-24(21)40-23-7-4-17(12-20(23)18-8-11-35-36-15-18)16-2-5-19(6-3-16)27(30,31)32/h1-15H,(H,33,34,37). The quantitative estimate of drug-likeness (QED) is 0.200. The van der Waals surface area contributed by atoms with Gasteiger partial charge in [0.2, 0.25) is 5.95 Å². The highest BCUT2D eigenvalue weighted by atomic mass is 35.5. The van der Waals surface area contributed by atoms with Crippen LogP contribution in [0.3, 0.4) is 0 Å². The molecule has 0 amide bonds. The summed E-state index contributed by atoms with van der Waals surface area (Å²) in [6, 6.07) is 14.2. The second kappa shape index (κ2) is 11.1. The zero-order chi connectivity index (χ0) is 29.2. The lowest BCUT2D eigenvalue weighted by Crippen LogP contribution is -2.16. The number of nitrogens with zero attached hydrogens (tertiary/aromatic N) is 4. The smallest absolute Gasteiger partial charge is 0.416 e. The van der Waals surface area contributed by atoms with E-state index >= 15 is 4.39 Å². The molecule has 0 aliphatic carbocycles. The van der Waals surface area contributed by atoms with Crippen molar-refractivity contribution in [3.05, 3.63) is 108 Å². The van der Waals surface area contributed by atoms with E-state index in [1.54, 1.807) is 18.2 Å². The Morgan fingerprint density at radius 2 is 1.51 bits per heavy atom. The molecular formula is C27H16ClF4N5O3S. The summed E-state index contributed by atoms with van der Waals surface area (Å²) >= 11 is 6.31. The summed E-state index contributed by atoms with van der Waals surface area (Å²) < 4.78 is 87.5. The van der Waals surface area contributed by atoms with Gasteiger partial charge in [0.05, 0.1) is 23.0 Å². The van der Waals surface area contributed by atoms with Crippen molar-refractivity contribution in [3.63, 3.8) is 0 Å². The van der Waals surface area contributed by atoms with Gasteiger partial charge in [-0.05, 0) is 53.6 Å². The van der Waals surface area contributed by atoms with E-state index in [0.717, 1.165) is 24.3 Å². The Bertz CT molecular complexity index is 1810. The lowest BCUT2D eigenvalue weighted by atomic mass is 9.98. The number of ether oxygens (including phenoxy) is 1. The molecule has 2 aromatic heterocycles. The van der Waals surface area contributed by atoms with Gasteiger partial charge in [-0.25, -0.2) is 27.5 Å². The van der Waals surface area contributed by atoms with Crippen molar-refractivity contribution in [1.82, 2.24) is 20.2 Å². The summed E-state index contributed by atoms with van der Waals surface area (Å²) in [5, 5.41) is 7.38. The van der Waals surface area contributed by atoms with Crippen LogP contribution in [0.25, 0.3) is 22.3 Å². The van der Waals surface area contributed by atoms with Crippen LogP contribution in [0.4, 0.5) is 23.5 Å². The van der Waals surface area contributed by atoms with Crippen molar-refractivity contribution in [2.45, 2.75) is 11.1 Å². The topological polar surface area (TPSA) is 107 Å². The maximum Gasteiger partial charge on any atom is 0.416 e. The van der Waals surface area contributed by atoms with Gasteiger partial charge in [0, 0.05) is 29.6 Å². The molecule has 0 saturated heterocycles. The fourth-order valence-corrected chi connectivity index (χ4v) is 5.08. The highest BCUT2D eigenvalue weighted by Gasteiger charge is 2.30. The van der Waals surface area contributed by atoms with Gasteiger partial charge < -0.3 is 4.74 Å². The van der Waals surface area contributed by atoms with Crippen molar-refractivity contribution < 1.29 is 30.7 Å². The van der Waals surface area contributed by atoms with E-state index in [1.165, 1.54) is 49.1 Å². The zero-order valence-electron chi connectivity index (χ0n) is 20.5. The first kappa shape index (κ1) is 27.9. The number of nitrogens with one attached hydrogen (secondary N) is 1. The molecule has 0 radical (unpaired) electrons. The molecule has 0 aliphatic heterocycles. The molecule has 208 valence electrons. The van der Waals surface area contributed by atoms with Gasteiger partial charge in [0.25, 0.3) is 10.0 Å². The number of benzene rings is 3. The van der Waals surface area contributed by atoms with Crippen LogP contribution in [-0.4, -0.2) is 28.6 Å². The first-order valence-electron chi connectivity index (χ1n) is 11.6. The molecule has 5 aromatic rings. The molecule has 0 aliphatic rings. The average Bonchev–Trinajstić information content (AvgIpc) is 2.95. The highest BCUT2D eigenvalue weighted by molar-refractivity contribution is 7.92. The number of halogens is 5. The number of anilines is 1. The summed E-state index contributed by atoms with van der Waals surface area (Å²) in [5.74, 6) is -1.42. The molecule has 0 saturated carbocycles. The minimum absolute atomic E-state index is 0.182. The predicted molar refractivity (Wildman–Crippen MR) is 142 cm³/mol. The molecule has 0 spiro atoms. The van der Waals surface area contributed by atoms with Crippen molar-refractivity contribution in [3.8, 4) is 33.8 Å². The molecule has 0 unspecified atom stereocenters. The Morgan fingerprint density at radius 3 is 2.17 bits per heavy atom. The first-order chi connectivity index (χ1) is 19.5. The molecule has 8 nitrogen and oxygen atoms in total. The molecule has 0 atom stereocenters. The van der Waals surface area contributed by atoms with Crippen molar-refractivity contribution in [2.24, 2.45) is 0 Å². The number of hydrogen-bond acceptors (Lipinski definition) is 7. The molecule has 14 heteroatoms. The SMILES string of the molecule is O=S(=O)(Nc1ncccn1)c1cc(Cl)c(Oc2ccc(-c3ccc(C(F)(F)F)cc3)cc2-c2ccnnc2)cc1F. The molecule has 0 fully saturated rings. The Hall–Kier alpha value is -4.62. The van der Waals surface area contributed by atoms with Crippen LogP contribution < -0.4 is 9.46 Å². The Labute approximate surface area is 235 Å². The summed E-state index contributed by atoms with van der Waals surface area (Å²) in [7, 11) is -4.43. The van der Waals surface area contributed by atoms with E-state index in [-0.39, 0.29) is 22.5 Å². The fraction of sp³-hybridized carbons (Fsp3) is 0.0370. The third-order valence-corrected chi connectivity index (χ3v) is 7.35. The van der Waals surface area contributed by atoms with Crippen LogP contribution >= 0.6 is 11.6 Å². The lowest BCUT2D eigenvalue weighted by molar-refractivity contribution is -0.137. The van der Waals surface area contributed by atoms with Gasteiger partial charge >= 0.3 is 6.18 Å². The number of rotatable bonds is 7. The zero-order valence-corrected chi connectivity index (χ0v) is 22.0. The van der Waals surface area contributed by atoms with Crippen LogP contribution in [0.2, 0.25) is 5.02 Å². The maximum atomic E-state index is 15.1. The predicted octanol–water partition coefficient (Wildman–Crippen LogP) is 7.01. The molecule has 0 bridgehead atoms. The third kappa shape index (κ3) is 6.26. The molecule has 1 N–H and O–H groups in total. The van der Waals surface area contributed by atoms with Gasteiger partial charge in [-0.2, -0.15) is 23.4 Å². The van der Waals surface area contributed by atoms with Crippen LogP contribution in [0.1, 0.15) is 5.56 Å². The minimum atomic E-state index is -4.47. The van der Waals surface area contributed by atoms with Crippen LogP contribution in [0.5, 0.6) is 11.5 Å². The van der Waals surface area contributed by atoms with Crippen LogP contribution in [-0.2, 0) is 16.2 Å². The third-order valence-electron chi connectivity index (χ3n) is 5.71. The van der Waals surface area contributed by atoms with E-state index in [4.69, 9.17) is 16.3 Å². The molecule has 5 rings (SSSR count). The van der Waals surface area contributed by atoms with Crippen LogP contribution in [0.15, 0.2) is 96.4 Å². The van der Waals surface area contributed by atoms with Crippen LogP contribution in [0, 0.1) is 5.82 Å². The molecule has 3 aromatic carbocycles. The van der Waals surface area contributed by atoms with Gasteiger partial charge in [-0.3, -0.25) is 0 Å². The van der Waals surface area contributed by atoms with E-state index in [0.29, 0.717) is 22.3 Å². The Morgan fingerprint density at radius 1 is 0.805 bits per heavy atom. The van der Waals surface area contributed by atoms with Gasteiger partial charge in [0.15, 0.2) is 0 Å². The van der Waals surface area contributed by atoms with Gasteiger partial charge in [0.1, 0.15) is 22.2 Å². The molecule has 41 heavy (non-hydrogen) atoms. The number of alkyl halides is 3. The van der Waals surface area contributed by atoms with Gasteiger partial charge in [-0.15, -0.1) is 0 Å². The second-order valence-corrected chi connectivity index (χ2v) is 10.5. The van der Waals surface area contributed by atoms with E-state index in [9.17, 15) is 21.6 Å². The maximum absolute atomic E-state index is 15.1. The summed E-state index contributed by atoms with van der Waals surface area (Å²) in [6.45, 7) is 0. The Kier molecular flexibility index (Phi) is 7.56. The van der Waals surface area contributed by atoms with E-state index in [1.807, 2.05) is 0 Å². The molecule has 2 heterocycles. The van der Waals surface area contributed by atoms with E-state index < -0.39 is 32.5 Å². The van der Waals surface area contributed by atoms with E-state index in [2.05, 4.69) is 24.9 Å². The van der Waals surface area contributed by atoms with Crippen molar-refractivity contribution >= 4 is 27.6 Å². The second-order valence-electron chi connectivity index (χ2n) is 8.41. The highest BCUT2D eigenvalue weighted by Crippen LogP contribution is 2.40. The van der Waals surface area contributed by atoms with Crippen molar-refractivity contribution in [1.29, 1.82) is 0 Å². The number of aromatic nitrogens is 4. The van der Waals surface area contributed by atoms with Gasteiger partial charge in [-0.1, -0.05) is 29.8 Å². The Balaban J connectivity index is 1.50. The monoisotopic (exact) mass is 601 g/mol. The summed E-state index contributed by atoms with van der Waals surface area (Å²) in [6.07, 6.45) is 1.01. The minimum Gasteiger partial charge on any atom is -0.455 e. The summed E-state index contributed by atoms with van der Waals surface area (Å²) in [5.41, 5.74) is 1.25. The number of hydrogen-bond donors (Lipinski definition) is 1. The summed E-state index contributed by atoms with van der Waals surface area (Å²) in [4.78, 5) is 6.76. The van der Waals surface area contributed by atoms with Crippen molar-refractivity contribution in [2.75, 3.05) is 4.72 Å². The first-order valence-corrected chi connectivity index (χ1v) is 13.4. The fourth-order valence-electron chi connectivity index (χ4n) is 3.77. The average molecular weight is 602 g/mol. The molecular weight excluding hydrogens is 586 g/mol. The lowest BCUT2D eigenvalue weighted by Gasteiger charge is -2.16. The number of sulfonamides is 1.